The van der Waals surface area contributed by atoms with Crippen molar-refractivity contribution in [2.45, 2.75) is 19.3 Å². The molecule has 0 aliphatic heterocycles. The Labute approximate surface area is 209 Å². The Morgan fingerprint density at radius 2 is 1.67 bits per heavy atom. The number of nitrogens with one attached hydrogen (secondary N) is 3. The summed E-state index contributed by atoms with van der Waals surface area (Å²) in [5, 5.41) is 12.8. The maximum absolute atomic E-state index is 12.9. The molecule has 36 heavy (non-hydrogen) atoms. The summed E-state index contributed by atoms with van der Waals surface area (Å²) >= 11 is 0. The van der Waals surface area contributed by atoms with Crippen LogP contribution in [0.5, 0.6) is 0 Å². The summed E-state index contributed by atoms with van der Waals surface area (Å²) in [4.78, 5) is 32.2. The van der Waals surface area contributed by atoms with Crippen molar-refractivity contribution >= 4 is 34.3 Å². The van der Waals surface area contributed by atoms with Crippen LogP contribution in [-0.4, -0.2) is 22.4 Å². The highest BCUT2D eigenvalue weighted by Gasteiger charge is 2.22. The number of amides is 1. The fourth-order valence-electron chi connectivity index (χ4n) is 4.42. The van der Waals surface area contributed by atoms with Crippen molar-refractivity contribution in [3.05, 3.63) is 107 Å². The Balaban J connectivity index is 1.26. The van der Waals surface area contributed by atoms with E-state index in [0.717, 1.165) is 53.3 Å². The third-order valence-electron chi connectivity index (χ3n) is 6.28. The van der Waals surface area contributed by atoms with Crippen LogP contribution < -0.4 is 16.0 Å². The highest BCUT2D eigenvalue weighted by atomic mass is 16.3. The molecule has 0 saturated heterocycles. The topological polar surface area (TPSA) is 108 Å². The van der Waals surface area contributed by atoms with Gasteiger partial charge in [-0.2, -0.15) is 4.91 Å². The number of benzene rings is 2. The molecule has 0 fully saturated rings. The molecule has 1 unspecified atom stereocenters. The molecule has 2 aromatic heterocycles. The van der Waals surface area contributed by atoms with E-state index in [1.54, 1.807) is 24.7 Å². The molecule has 0 bridgehead atoms. The second-order valence-electron chi connectivity index (χ2n) is 8.80. The first-order valence-corrected chi connectivity index (χ1v) is 11.9. The molecule has 5 rings (SSSR count). The maximum atomic E-state index is 12.9. The fourth-order valence-corrected chi connectivity index (χ4v) is 4.42. The molecule has 8 nitrogen and oxygen atoms in total. The zero-order valence-corrected chi connectivity index (χ0v) is 19.6. The minimum atomic E-state index is -0.192. The van der Waals surface area contributed by atoms with Gasteiger partial charge in [0, 0.05) is 58.3 Å². The van der Waals surface area contributed by atoms with E-state index in [4.69, 9.17) is 0 Å². The summed E-state index contributed by atoms with van der Waals surface area (Å²) in [5.74, 6) is 0.0468. The van der Waals surface area contributed by atoms with Gasteiger partial charge in [-0.25, -0.2) is 0 Å². The SMILES string of the molecule is O=NCC1CCc2nccc(Nc3cccc(C(=O)Nc4ccc(Nc5ccncc5)cc4)c3)c2C1. The third-order valence-corrected chi connectivity index (χ3v) is 6.28. The summed E-state index contributed by atoms with van der Waals surface area (Å²) in [6.07, 6.45) is 7.78. The van der Waals surface area contributed by atoms with Crippen LogP contribution in [0.4, 0.5) is 28.4 Å². The zero-order chi connectivity index (χ0) is 24.7. The molecule has 2 heterocycles. The molecule has 3 N–H and O–H groups in total. The van der Waals surface area contributed by atoms with Crippen LogP contribution >= 0.6 is 0 Å². The molecule has 4 aromatic rings. The highest BCUT2D eigenvalue weighted by molar-refractivity contribution is 6.05. The van der Waals surface area contributed by atoms with Crippen molar-refractivity contribution in [2.75, 3.05) is 22.5 Å². The normalized spacial score (nSPS) is 14.4. The van der Waals surface area contributed by atoms with Crippen LogP contribution in [0.15, 0.2) is 90.5 Å². The quantitative estimate of drug-likeness (QED) is 0.265. The first kappa shape index (κ1) is 23.2. The van der Waals surface area contributed by atoms with Crippen molar-refractivity contribution < 1.29 is 4.79 Å². The van der Waals surface area contributed by atoms with Crippen molar-refractivity contribution in [3.8, 4) is 0 Å². The van der Waals surface area contributed by atoms with Crippen LogP contribution in [0.1, 0.15) is 28.0 Å². The summed E-state index contributed by atoms with van der Waals surface area (Å²) < 4.78 is 0. The van der Waals surface area contributed by atoms with Crippen LogP contribution in [-0.2, 0) is 12.8 Å². The van der Waals surface area contributed by atoms with Gasteiger partial charge in [0.05, 0.1) is 6.54 Å². The Morgan fingerprint density at radius 1 is 0.889 bits per heavy atom. The minimum Gasteiger partial charge on any atom is -0.355 e. The smallest absolute Gasteiger partial charge is 0.255 e. The molecule has 2 aromatic carbocycles. The van der Waals surface area contributed by atoms with Gasteiger partial charge in [-0.15, -0.1) is 0 Å². The molecule has 1 amide bonds. The van der Waals surface area contributed by atoms with Crippen LogP contribution in [0.25, 0.3) is 0 Å². The van der Waals surface area contributed by atoms with E-state index in [0.29, 0.717) is 17.8 Å². The number of rotatable bonds is 8. The number of carbonyl (C=O) groups is 1. The number of hydrogen-bond acceptors (Lipinski definition) is 7. The lowest BCUT2D eigenvalue weighted by molar-refractivity contribution is 0.102. The van der Waals surface area contributed by atoms with Crippen molar-refractivity contribution in [2.24, 2.45) is 11.1 Å². The number of aromatic nitrogens is 2. The Hall–Kier alpha value is -4.59. The van der Waals surface area contributed by atoms with Gasteiger partial charge in [0.2, 0.25) is 0 Å². The second-order valence-corrected chi connectivity index (χ2v) is 8.80. The lowest BCUT2D eigenvalue weighted by Crippen LogP contribution is -2.19. The van der Waals surface area contributed by atoms with Gasteiger partial charge in [-0.3, -0.25) is 14.8 Å². The Bertz CT molecular complexity index is 1360. The number of pyridine rings is 2. The summed E-state index contributed by atoms with van der Waals surface area (Å²) in [6, 6.07) is 20.6. The lowest BCUT2D eigenvalue weighted by atomic mass is 9.86. The predicted molar refractivity (Wildman–Crippen MR) is 142 cm³/mol. The van der Waals surface area contributed by atoms with Crippen LogP contribution in [0, 0.1) is 10.8 Å². The third kappa shape index (κ3) is 5.55. The molecule has 1 aliphatic carbocycles. The standard InChI is InChI=1S/C28H26N6O2/c35-28(34-22-7-5-21(6-8-22)32-23-10-13-29-14-11-23)20-2-1-3-24(17-20)33-27-12-15-30-26-9-4-19(18-31-36)16-25(26)27/h1-3,5-8,10-15,17,19H,4,9,16,18H2,(H,29,32)(H,30,33)(H,34,35). The first-order valence-electron chi connectivity index (χ1n) is 11.9. The zero-order valence-electron chi connectivity index (χ0n) is 19.6. The molecular weight excluding hydrogens is 452 g/mol. The molecule has 180 valence electrons. The van der Waals surface area contributed by atoms with Crippen molar-refractivity contribution in [1.82, 2.24) is 9.97 Å². The van der Waals surface area contributed by atoms with Gasteiger partial charge < -0.3 is 16.0 Å². The molecule has 8 heteroatoms. The van der Waals surface area contributed by atoms with Crippen molar-refractivity contribution in [1.29, 1.82) is 0 Å². The molecule has 1 atom stereocenters. The average molecular weight is 479 g/mol. The largest absolute Gasteiger partial charge is 0.355 e. The molecule has 0 radical (unpaired) electrons. The maximum Gasteiger partial charge on any atom is 0.255 e. The highest BCUT2D eigenvalue weighted by Crippen LogP contribution is 2.32. The van der Waals surface area contributed by atoms with E-state index >= 15 is 0 Å². The van der Waals surface area contributed by atoms with E-state index in [1.165, 1.54) is 0 Å². The number of nitroso groups, excluding NO2 is 1. The number of anilines is 5. The van der Waals surface area contributed by atoms with Gasteiger partial charge in [-0.05, 0) is 91.4 Å². The minimum absolute atomic E-state index is 0.192. The second kappa shape index (κ2) is 10.8. The predicted octanol–water partition coefficient (Wildman–Crippen LogP) is 6.09. The van der Waals surface area contributed by atoms with E-state index in [-0.39, 0.29) is 11.8 Å². The van der Waals surface area contributed by atoms with E-state index in [2.05, 4.69) is 31.1 Å². The fraction of sp³-hybridized carbons (Fsp3) is 0.179. The Morgan fingerprint density at radius 3 is 2.47 bits per heavy atom. The van der Waals surface area contributed by atoms with Crippen molar-refractivity contribution in [3.63, 3.8) is 0 Å². The number of aryl methyl sites for hydroxylation is 1. The molecule has 0 saturated carbocycles. The Kier molecular flexibility index (Phi) is 6.93. The number of nitrogens with zero attached hydrogens (tertiary/aromatic N) is 3. The first-order chi connectivity index (χ1) is 17.7. The average Bonchev–Trinajstić information content (AvgIpc) is 2.91. The number of fused-ring (bicyclic) bond motifs is 1. The molecular formula is C28H26N6O2. The van der Waals surface area contributed by atoms with E-state index in [9.17, 15) is 9.70 Å². The lowest BCUT2D eigenvalue weighted by Gasteiger charge is -2.24. The van der Waals surface area contributed by atoms with E-state index < -0.39 is 0 Å². The molecule has 1 aliphatic rings. The monoisotopic (exact) mass is 478 g/mol. The summed E-state index contributed by atoms with van der Waals surface area (Å²) in [7, 11) is 0. The van der Waals surface area contributed by atoms with Crippen LogP contribution in [0.3, 0.4) is 0 Å². The molecule has 0 spiro atoms. The van der Waals surface area contributed by atoms with Gasteiger partial charge in [0.25, 0.3) is 5.91 Å². The number of hydrogen-bond donors (Lipinski definition) is 3. The van der Waals surface area contributed by atoms with Gasteiger partial charge in [-0.1, -0.05) is 11.2 Å². The number of carbonyl (C=O) groups excluding carboxylic acids is 1. The summed E-state index contributed by atoms with van der Waals surface area (Å²) in [6.45, 7) is 0.324. The van der Waals surface area contributed by atoms with E-state index in [1.807, 2.05) is 60.7 Å². The van der Waals surface area contributed by atoms with Gasteiger partial charge in [0.15, 0.2) is 0 Å². The van der Waals surface area contributed by atoms with Gasteiger partial charge in [0.1, 0.15) is 0 Å². The summed E-state index contributed by atoms with van der Waals surface area (Å²) in [5.41, 5.74) is 7.04. The van der Waals surface area contributed by atoms with Gasteiger partial charge >= 0.3 is 0 Å². The van der Waals surface area contributed by atoms with Crippen LogP contribution in [0.2, 0.25) is 0 Å².